The summed E-state index contributed by atoms with van der Waals surface area (Å²) >= 11 is 0. The Kier molecular flexibility index (Phi) is 4.38. The Morgan fingerprint density at radius 1 is 1.05 bits per heavy atom. The van der Waals surface area contributed by atoms with Crippen LogP contribution in [0.5, 0.6) is 5.75 Å². The van der Waals surface area contributed by atoms with E-state index in [1.807, 2.05) is 5.43 Å². The van der Waals surface area contributed by atoms with E-state index in [0.717, 1.165) is 0 Å². The van der Waals surface area contributed by atoms with Crippen LogP contribution < -0.4 is 10.3 Å². The molecule has 0 bridgehead atoms. The molecule has 3 N–H and O–H groups in total. The number of benzene rings is 2. The maximum Gasteiger partial charge on any atom is 0.269 e. The summed E-state index contributed by atoms with van der Waals surface area (Å²) in [4.78, 5) is 12.7. The second kappa shape index (κ2) is 6.08. The molecule has 2 rings (SSSR count). The third-order valence-electron chi connectivity index (χ3n) is 2.59. The summed E-state index contributed by atoms with van der Waals surface area (Å²) in [6.45, 7) is 0. The highest BCUT2D eigenvalue weighted by Crippen LogP contribution is 2.15. The highest BCUT2D eigenvalue weighted by molar-refractivity contribution is 7.89. The van der Waals surface area contributed by atoms with Gasteiger partial charge < -0.3 is 5.11 Å². The molecule has 0 atom stereocenters. The monoisotopic (exact) mass is 328 g/mol. The molecule has 0 saturated heterocycles. The molecule has 2 aromatic carbocycles. The molecule has 22 heavy (non-hydrogen) atoms. The minimum Gasteiger partial charge on any atom is -0.507 e. The third kappa shape index (κ3) is 3.57. The number of carbonyl (C=O) groups is 1. The number of sulfonamides is 1. The van der Waals surface area contributed by atoms with Crippen LogP contribution in [0.1, 0.15) is 10.4 Å². The number of rotatable bonds is 4. The molecule has 0 aliphatic rings. The molecule has 0 aliphatic carbocycles. The van der Waals surface area contributed by atoms with Crippen LogP contribution >= 0.6 is 0 Å². The van der Waals surface area contributed by atoms with E-state index in [9.17, 15) is 27.1 Å². The van der Waals surface area contributed by atoms with Crippen LogP contribution in [0, 0.1) is 11.6 Å². The largest absolute Gasteiger partial charge is 0.507 e. The Bertz CT molecular complexity index is 804. The number of halogens is 2. The van der Waals surface area contributed by atoms with Crippen molar-refractivity contribution in [2.75, 3.05) is 0 Å². The van der Waals surface area contributed by atoms with Crippen LogP contribution in [0.25, 0.3) is 0 Å². The summed E-state index contributed by atoms with van der Waals surface area (Å²) in [5, 5.41) is 9.46. The van der Waals surface area contributed by atoms with Gasteiger partial charge in [-0.15, -0.1) is 4.83 Å². The summed E-state index contributed by atoms with van der Waals surface area (Å²) in [7, 11) is -4.36. The van der Waals surface area contributed by atoms with Crippen LogP contribution in [0.4, 0.5) is 8.78 Å². The minimum atomic E-state index is -4.36. The predicted molar refractivity (Wildman–Crippen MR) is 72.3 cm³/mol. The second-order valence-corrected chi connectivity index (χ2v) is 5.86. The van der Waals surface area contributed by atoms with Crippen LogP contribution in [0.15, 0.2) is 47.4 Å². The van der Waals surface area contributed by atoms with E-state index in [0.29, 0.717) is 18.2 Å². The maximum atomic E-state index is 13.0. The quantitative estimate of drug-likeness (QED) is 0.737. The van der Waals surface area contributed by atoms with E-state index in [2.05, 4.69) is 0 Å². The summed E-state index contributed by atoms with van der Waals surface area (Å²) in [5.41, 5.74) is 1.66. The SMILES string of the molecule is O=C(NNS(=O)(=O)c1cc(F)cc(F)c1)c1ccccc1O. The van der Waals surface area contributed by atoms with Gasteiger partial charge in [-0.3, -0.25) is 10.2 Å². The lowest BCUT2D eigenvalue weighted by Crippen LogP contribution is -2.41. The average molecular weight is 328 g/mol. The first kappa shape index (κ1) is 15.9. The van der Waals surface area contributed by atoms with Gasteiger partial charge in [-0.1, -0.05) is 12.1 Å². The third-order valence-corrected chi connectivity index (χ3v) is 3.82. The zero-order valence-electron chi connectivity index (χ0n) is 10.9. The molecular weight excluding hydrogens is 318 g/mol. The standard InChI is InChI=1S/C13H10F2N2O4S/c14-8-5-9(15)7-10(6-8)22(20,21)17-16-13(19)11-3-1-2-4-12(11)18/h1-7,17-18H,(H,16,19). The van der Waals surface area contributed by atoms with E-state index in [4.69, 9.17) is 0 Å². The van der Waals surface area contributed by atoms with E-state index in [-0.39, 0.29) is 11.3 Å². The molecule has 0 aliphatic heterocycles. The van der Waals surface area contributed by atoms with Crippen LogP contribution in [0.2, 0.25) is 0 Å². The number of hydrazine groups is 1. The molecule has 2 aromatic rings. The topological polar surface area (TPSA) is 95.5 Å². The molecule has 0 unspecified atom stereocenters. The Morgan fingerprint density at radius 3 is 2.23 bits per heavy atom. The lowest BCUT2D eigenvalue weighted by Gasteiger charge is -2.09. The Morgan fingerprint density at radius 2 is 1.64 bits per heavy atom. The Balaban J connectivity index is 2.16. The second-order valence-electron chi connectivity index (χ2n) is 4.18. The molecule has 9 heteroatoms. The molecule has 6 nitrogen and oxygen atoms in total. The number of amides is 1. The number of aromatic hydroxyl groups is 1. The molecule has 0 aromatic heterocycles. The van der Waals surface area contributed by atoms with Crippen LogP contribution in [-0.4, -0.2) is 19.4 Å². The van der Waals surface area contributed by atoms with Gasteiger partial charge in [0.05, 0.1) is 10.5 Å². The van der Waals surface area contributed by atoms with Crippen molar-refractivity contribution in [3.63, 3.8) is 0 Å². The number of para-hydroxylation sites is 1. The molecule has 0 fully saturated rings. The zero-order valence-corrected chi connectivity index (χ0v) is 11.7. The van der Waals surface area contributed by atoms with Crippen LogP contribution in [-0.2, 0) is 10.0 Å². The van der Waals surface area contributed by atoms with Crippen molar-refractivity contribution in [3.8, 4) is 5.75 Å². The highest BCUT2D eigenvalue weighted by Gasteiger charge is 2.18. The first-order valence-electron chi connectivity index (χ1n) is 5.86. The van der Waals surface area contributed by atoms with Crippen LogP contribution in [0.3, 0.4) is 0 Å². The van der Waals surface area contributed by atoms with Gasteiger partial charge in [0.2, 0.25) is 0 Å². The Labute approximate surface area is 124 Å². The molecule has 0 radical (unpaired) electrons. The average Bonchev–Trinajstić information content (AvgIpc) is 2.44. The van der Waals surface area contributed by atoms with Gasteiger partial charge in [0.1, 0.15) is 17.4 Å². The first-order chi connectivity index (χ1) is 10.3. The number of phenols is 1. The number of phenolic OH excluding ortho intramolecular Hbond substituents is 1. The fourth-order valence-corrected chi connectivity index (χ4v) is 2.47. The van der Waals surface area contributed by atoms with Gasteiger partial charge in [0.15, 0.2) is 0 Å². The lowest BCUT2D eigenvalue weighted by molar-refractivity contribution is 0.0942. The summed E-state index contributed by atoms with van der Waals surface area (Å²) < 4.78 is 49.7. The van der Waals surface area contributed by atoms with E-state index < -0.39 is 32.5 Å². The lowest BCUT2D eigenvalue weighted by atomic mass is 10.2. The van der Waals surface area contributed by atoms with Crippen molar-refractivity contribution in [2.45, 2.75) is 4.90 Å². The summed E-state index contributed by atoms with van der Waals surface area (Å²) in [6.07, 6.45) is 0. The van der Waals surface area contributed by atoms with Crippen molar-refractivity contribution in [1.29, 1.82) is 0 Å². The normalized spacial score (nSPS) is 11.2. The van der Waals surface area contributed by atoms with Gasteiger partial charge in [0.25, 0.3) is 15.9 Å². The van der Waals surface area contributed by atoms with Crippen molar-refractivity contribution in [2.24, 2.45) is 0 Å². The Hall–Kier alpha value is -2.52. The van der Waals surface area contributed by atoms with E-state index >= 15 is 0 Å². The smallest absolute Gasteiger partial charge is 0.269 e. The number of hydrogen-bond donors (Lipinski definition) is 3. The number of carbonyl (C=O) groups excluding carboxylic acids is 1. The molecule has 0 heterocycles. The van der Waals surface area contributed by atoms with Crippen molar-refractivity contribution in [1.82, 2.24) is 10.3 Å². The minimum absolute atomic E-state index is 0.171. The fraction of sp³-hybridized carbons (Fsp3) is 0. The molecule has 1 amide bonds. The first-order valence-corrected chi connectivity index (χ1v) is 7.34. The molecule has 116 valence electrons. The molecular formula is C13H10F2N2O4S. The molecule has 0 spiro atoms. The molecule has 0 saturated carbocycles. The van der Waals surface area contributed by atoms with Crippen molar-refractivity contribution < 1.29 is 27.1 Å². The summed E-state index contributed by atoms with van der Waals surface area (Å²) in [6, 6.07) is 7.15. The zero-order chi connectivity index (χ0) is 16.3. The van der Waals surface area contributed by atoms with Gasteiger partial charge in [-0.25, -0.2) is 17.2 Å². The van der Waals surface area contributed by atoms with Gasteiger partial charge in [-0.05, 0) is 24.3 Å². The van der Waals surface area contributed by atoms with Gasteiger partial charge >= 0.3 is 0 Å². The summed E-state index contributed by atoms with van der Waals surface area (Å²) in [5.74, 6) is -3.44. The number of nitrogens with one attached hydrogen (secondary N) is 2. The van der Waals surface area contributed by atoms with Crippen molar-refractivity contribution >= 4 is 15.9 Å². The van der Waals surface area contributed by atoms with E-state index in [1.54, 1.807) is 4.83 Å². The highest BCUT2D eigenvalue weighted by atomic mass is 32.2. The number of hydrogen-bond acceptors (Lipinski definition) is 4. The fourth-order valence-electron chi connectivity index (χ4n) is 1.59. The van der Waals surface area contributed by atoms with E-state index in [1.165, 1.54) is 24.3 Å². The van der Waals surface area contributed by atoms with Gasteiger partial charge in [-0.2, -0.15) is 0 Å². The van der Waals surface area contributed by atoms with Crippen molar-refractivity contribution in [3.05, 3.63) is 59.7 Å². The predicted octanol–water partition coefficient (Wildman–Crippen LogP) is 1.29. The maximum absolute atomic E-state index is 13.0. The van der Waals surface area contributed by atoms with Gasteiger partial charge in [0, 0.05) is 6.07 Å².